The van der Waals surface area contributed by atoms with E-state index in [1.54, 1.807) is 25.3 Å². The first-order valence-electron chi connectivity index (χ1n) is 14.5. The summed E-state index contributed by atoms with van der Waals surface area (Å²) in [5.41, 5.74) is 4.39. The lowest BCUT2D eigenvalue weighted by Gasteiger charge is -2.58. The molecule has 1 amide bonds. The number of nitriles is 1. The van der Waals surface area contributed by atoms with Crippen LogP contribution >= 0.6 is 0 Å². The van der Waals surface area contributed by atoms with Crippen LogP contribution in [0.1, 0.15) is 49.4 Å². The predicted octanol–water partition coefficient (Wildman–Crippen LogP) is 4.65. The number of aromatic nitrogens is 2. The minimum absolute atomic E-state index is 0.0310. The lowest BCUT2D eigenvalue weighted by molar-refractivity contribution is -0.153. The van der Waals surface area contributed by atoms with Gasteiger partial charge in [-0.1, -0.05) is 24.3 Å². The molecule has 0 saturated carbocycles. The molecular weight excluding hydrogens is 514 g/mol. The van der Waals surface area contributed by atoms with Crippen LogP contribution in [-0.4, -0.2) is 75.8 Å². The Hall–Kier alpha value is -4.29. The molecule has 7 rings (SSSR count). The van der Waals surface area contributed by atoms with E-state index in [1.807, 2.05) is 24.3 Å². The maximum Gasteiger partial charge on any atom is 0.227 e. The van der Waals surface area contributed by atoms with E-state index >= 15 is 0 Å². The number of carbonyl (C=O) groups is 2. The number of fused-ring (bicyclic) bond motifs is 2. The summed E-state index contributed by atoms with van der Waals surface area (Å²) >= 11 is 0. The number of benzene rings is 2. The van der Waals surface area contributed by atoms with Gasteiger partial charge in [0.05, 0.1) is 11.8 Å². The van der Waals surface area contributed by atoms with Gasteiger partial charge in [0.15, 0.2) is 5.78 Å². The third-order valence-electron chi connectivity index (χ3n) is 8.68. The fraction of sp³-hybridized carbons (Fsp3) is 0.406. The van der Waals surface area contributed by atoms with Crippen molar-refractivity contribution >= 4 is 29.0 Å². The van der Waals surface area contributed by atoms with Gasteiger partial charge in [0.1, 0.15) is 0 Å². The summed E-state index contributed by atoms with van der Waals surface area (Å²) in [7, 11) is 0. The summed E-state index contributed by atoms with van der Waals surface area (Å²) in [6.07, 6.45) is 5.65. The van der Waals surface area contributed by atoms with E-state index < -0.39 is 0 Å². The van der Waals surface area contributed by atoms with Crippen molar-refractivity contribution in [3.63, 3.8) is 0 Å². The van der Waals surface area contributed by atoms with E-state index in [0.717, 1.165) is 56.0 Å². The summed E-state index contributed by atoms with van der Waals surface area (Å²) in [6.45, 7) is 5.82. The number of ketones is 1. The number of nitrogens with one attached hydrogen (secondary N) is 1. The van der Waals surface area contributed by atoms with Crippen molar-refractivity contribution in [2.45, 2.75) is 57.2 Å². The maximum absolute atomic E-state index is 12.2. The summed E-state index contributed by atoms with van der Waals surface area (Å²) in [6, 6.07) is 21.0. The predicted molar refractivity (Wildman–Crippen MR) is 158 cm³/mol. The summed E-state index contributed by atoms with van der Waals surface area (Å²) in [5, 5.41) is 12.0. The molecule has 0 aliphatic carbocycles. The van der Waals surface area contributed by atoms with Crippen LogP contribution in [-0.2, 0) is 4.79 Å². The SMILES string of the molecule is CC(=O)N1C2CC1CN(C1CCN(c3ccc(Nc4nccc(-c5ccc(C(=O)CCC#N)cc5)n4)cc3)CC1)C2. The van der Waals surface area contributed by atoms with Crippen molar-refractivity contribution in [1.29, 1.82) is 5.26 Å². The third-order valence-corrected chi connectivity index (χ3v) is 8.68. The van der Waals surface area contributed by atoms with Crippen molar-refractivity contribution in [2.24, 2.45) is 0 Å². The zero-order chi connectivity index (χ0) is 28.3. The van der Waals surface area contributed by atoms with Gasteiger partial charge >= 0.3 is 0 Å². The fourth-order valence-electron chi connectivity index (χ4n) is 6.55. The van der Waals surface area contributed by atoms with E-state index in [2.05, 4.69) is 54.2 Å². The smallest absolute Gasteiger partial charge is 0.227 e. The Balaban J connectivity index is 1.02. The average Bonchev–Trinajstić information content (AvgIpc) is 3.00. The molecule has 1 N–H and O–H groups in total. The van der Waals surface area contributed by atoms with Crippen LogP contribution in [0.4, 0.5) is 17.3 Å². The Morgan fingerprint density at radius 3 is 2.34 bits per heavy atom. The van der Waals surface area contributed by atoms with E-state index in [9.17, 15) is 9.59 Å². The van der Waals surface area contributed by atoms with E-state index in [-0.39, 0.29) is 24.5 Å². The van der Waals surface area contributed by atoms with Gasteiger partial charge in [-0.25, -0.2) is 9.97 Å². The van der Waals surface area contributed by atoms with Gasteiger partial charge in [-0.15, -0.1) is 0 Å². The molecule has 1 aromatic heterocycles. The molecule has 9 nitrogen and oxygen atoms in total. The van der Waals surface area contributed by atoms with Crippen LogP contribution in [0.2, 0.25) is 0 Å². The lowest BCUT2D eigenvalue weighted by atomic mass is 9.85. The summed E-state index contributed by atoms with van der Waals surface area (Å²) in [4.78, 5) is 40.2. The number of Topliss-reactive ketones (excluding diaryl/α,β-unsaturated/α-hetero) is 1. The second-order valence-electron chi connectivity index (χ2n) is 11.2. The van der Waals surface area contributed by atoms with Crippen LogP contribution in [0.3, 0.4) is 0 Å². The van der Waals surface area contributed by atoms with Gasteiger partial charge in [-0.3, -0.25) is 14.5 Å². The van der Waals surface area contributed by atoms with E-state index in [1.165, 1.54) is 12.1 Å². The van der Waals surface area contributed by atoms with Crippen molar-refractivity contribution in [3.05, 3.63) is 66.4 Å². The first-order chi connectivity index (χ1) is 20.0. The van der Waals surface area contributed by atoms with Gasteiger partial charge in [0.25, 0.3) is 0 Å². The maximum atomic E-state index is 12.2. The van der Waals surface area contributed by atoms with Crippen LogP contribution in [0, 0.1) is 11.3 Å². The molecule has 210 valence electrons. The first-order valence-corrected chi connectivity index (χ1v) is 14.5. The highest BCUT2D eigenvalue weighted by molar-refractivity contribution is 5.96. The second kappa shape index (κ2) is 11.7. The first kappa shape index (κ1) is 26.9. The van der Waals surface area contributed by atoms with Gasteiger partial charge < -0.3 is 15.1 Å². The fourth-order valence-corrected chi connectivity index (χ4v) is 6.55. The van der Waals surface area contributed by atoms with Crippen molar-refractivity contribution < 1.29 is 9.59 Å². The van der Waals surface area contributed by atoms with Gasteiger partial charge in [0, 0.05) is 92.8 Å². The number of piperidine rings is 2. The summed E-state index contributed by atoms with van der Waals surface area (Å²) in [5.74, 6) is 0.705. The number of piperazine rings is 1. The minimum Gasteiger partial charge on any atom is -0.371 e. The van der Waals surface area contributed by atoms with Crippen LogP contribution in [0.5, 0.6) is 0 Å². The Morgan fingerprint density at radius 2 is 1.68 bits per heavy atom. The van der Waals surface area contributed by atoms with E-state index in [4.69, 9.17) is 5.26 Å². The molecule has 2 unspecified atom stereocenters. The normalized spacial score (nSPS) is 20.7. The molecule has 0 radical (unpaired) electrons. The largest absolute Gasteiger partial charge is 0.371 e. The molecule has 2 atom stereocenters. The zero-order valence-electron chi connectivity index (χ0n) is 23.4. The lowest BCUT2D eigenvalue weighted by Crippen LogP contribution is -2.71. The molecule has 2 bridgehead atoms. The molecule has 4 aliphatic heterocycles. The van der Waals surface area contributed by atoms with Crippen molar-refractivity contribution in [2.75, 3.05) is 36.4 Å². The Bertz CT molecular complexity index is 1430. The van der Waals surface area contributed by atoms with Gasteiger partial charge in [-0.05, 0) is 49.6 Å². The standard InChI is InChI=1S/C32H35N7O2/c1-22(40)39-28-19-29(39)21-38(20-28)27-13-17-37(18-14-27)26-10-8-25(9-11-26)35-32-34-16-12-30(36-32)23-4-6-24(7-5-23)31(41)3-2-15-33/h4-12,16,27-29H,2-3,13-14,17-21H2,1H3,(H,34,35,36). The molecule has 4 fully saturated rings. The number of hydrogen-bond acceptors (Lipinski definition) is 8. The topological polar surface area (TPSA) is 105 Å². The highest BCUT2D eigenvalue weighted by Gasteiger charge is 2.47. The van der Waals surface area contributed by atoms with Crippen molar-refractivity contribution in [3.8, 4) is 17.3 Å². The van der Waals surface area contributed by atoms with Crippen molar-refractivity contribution in [1.82, 2.24) is 19.8 Å². The molecule has 3 aromatic rings. The quantitative estimate of drug-likeness (QED) is 0.405. The third kappa shape index (κ3) is 5.79. The van der Waals surface area contributed by atoms with E-state index in [0.29, 0.717) is 29.6 Å². The monoisotopic (exact) mass is 549 g/mol. The molecule has 2 aromatic carbocycles. The number of nitrogens with zero attached hydrogens (tertiary/aromatic N) is 6. The molecular formula is C32H35N7O2. The molecule has 5 heterocycles. The summed E-state index contributed by atoms with van der Waals surface area (Å²) < 4.78 is 0. The molecule has 0 spiro atoms. The molecule has 4 saturated heterocycles. The van der Waals surface area contributed by atoms with Crippen LogP contribution < -0.4 is 10.2 Å². The average molecular weight is 550 g/mol. The number of amides is 1. The van der Waals surface area contributed by atoms with Gasteiger partial charge in [0.2, 0.25) is 11.9 Å². The number of rotatable bonds is 8. The van der Waals surface area contributed by atoms with Crippen LogP contribution in [0.15, 0.2) is 60.8 Å². The number of anilines is 3. The second-order valence-corrected chi connectivity index (χ2v) is 11.2. The highest BCUT2D eigenvalue weighted by Crippen LogP contribution is 2.35. The Labute approximate surface area is 240 Å². The van der Waals surface area contributed by atoms with Crippen LogP contribution in [0.25, 0.3) is 11.3 Å². The Morgan fingerprint density at radius 1 is 0.976 bits per heavy atom. The van der Waals surface area contributed by atoms with Gasteiger partial charge in [-0.2, -0.15) is 5.26 Å². The molecule has 9 heteroatoms. The Kier molecular flexibility index (Phi) is 7.66. The zero-order valence-corrected chi connectivity index (χ0v) is 23.4. The molecule has 4 aliphatic rings. The minimum atomic E-state index is -0.0310. The number of carbonyl (C=O) groups excluding carboxylic acids is 2. The number of hydrogen-bond donors (Lipinski definition) is 1. The highest BCUT2D eigenvalue weighted by atomic mass is 16.2. The molecule has 41 heavy (non-hydrogen) atoms.